The third kappa shape index (κ3) is 5.46. The van der Waals surface area contributed by atoms with E-state index in [1.807, 2.05) is 6.92 Å². The van der Waals surface area contributed by atoms with Gasteiger partial charge in [0, 0.05) is 0 Å². The van der Waals surface area contributed by atoms with Crippen molar-refractivity contribution in [2.75, 3.05) is 6.61 Å². The first kappa shape index (κ1) is 36.6. The molecule has 5 fully saturated rings. The fourth-order valence-electron chi connectivity index (χ4n) is 11.9. The van der Waals surface area contributed by atoms with Crippen LogP contribution in [0.5, 0.6) is 0 Å². The van der Waals surface area contributed by atoms with Gasteiger partial charge in [-0.15, -0.1) is 0 Å². The molecule has 0 aromatic rings. The molecule has 0 aromatic heterocycles. The molecule has 1 saturated heterocycles. The van der Waals surface area contributed by atoms with Gasteiger partial charge in [-0.3, -0.25) is 0 Å². The van der Waals surface area contributed by atoms with Crippen LogP contribution in [0.2, 0.25) is 0 Å². The lowest BCUT2D eigenvalue weighted by Crippen LogP contribution is -2.71. The van der Waals surface area contributed by atoms with Gasteiger partial charge in [-0.05, 0) is 111 Å². The summed E-state index contributed by atoms with van der Waals surface area (Å²) >= 11 is 0. The molecule has 5 aliphatic rings. The van der Waals surface area contributed by atoms with Gasteiger partial charge in [0.25, 0.3) is 0 Å². The number of hydrogen-bond donors (Lipinski definition) is 8. The van der Waals surface area contributed by atoms with Gasteiger partial charge in [-0.25, -0.2) is 0 Å². The predicted octanol–water partition coefficient (Wildman–Crippen LogP) is 2.27. The zero-order valence-electron chi connectivity index (χ0n) is 29.0. The minimum Gasteiger partial charge on any atom is -0.394 e. The maximum atomic E-state index is 12.1. The first-order chi connectivity index (χ1) is 21.2. The number of ether oxygens (including phenoxy) is 2. The molecular formula is C36H62O10. The van der Waals surface area contributed by atoms with Crippen molar-refractivity contribution in [2.45, 2.75) is 161 Å². The fourth-order valence-corrected chi connectivity index (χ4v) is 11.9. The third-order valence-corrected chi connectivity index (χ3v) is 14.7. The molecule has 1 aliphatic heterocycles. The molecular weight excluding hydrogens is 592 g/mol. The molecule has 8 N–H and O–H groups in total. The van der Waals surface area contributed by atoms with Crippen LogP contribution in [0.25, 0.3) is 0 Å². The summed E-state index contributed by atoms with van der Waals surface area (Å²) in [6, 6.07) is 0. The van der Waals surface area contributed by atoms with Crippen LogP contribution in [0.4, 0.5) is 0 Å². The molecule has 0 radical (unpaired) electrons. The standard InChI is InChI=1S/C36H62O10/c1-18(2)20(38)10-14-36(8,44)19-9-13-34(6)26(19)21(39)15-24-33(5)12-11-25(40)32(3,4)30(33)22(16-35(24,34)7)45-31-29(43)28(42)27(41)23(17-37)46-31/h19-31,37-44H,1,9-17H2,2-8H3/t19-,20+,21+,22-,23+,24+,25-,26-,27+,28-,29+,30-,31+,33+,34+,35+,36-/m0/s1. The van der Waals surface area contributed by atoms with E-state index in [0.29, 0.717) is 37.7 Å². The van der Waals surface area contributed by atoms with Crippen LogP contribution in [0, 0.1) is 45.3 Å². The Morgan fingerprint density at radius 1 is 0.978 bits per heavy atom. The van der Waals surface area contributed by atoms with Crippen molar-refractivity contribution in [3.8, 4) is 0 Å². The summed E-state index contributed by atoms with van der Waals surface area (Å²) in [5.74, 6) is -0.481. The van der Waals surface area contributed by atoms with Crippen molar-refractivity contribution < 1.29 is 50.3 Å². The molecule has 0 spiro atoms. The Labute approximate surface area is 274 Å². The number of aliphatic hydroxyl groups is 8. The predicted molar refractivity (Wildman–Crippen MR) is 171 cm³/mol. The quantitative estimate of drug-likeness (QED) is 0.143. The highest BCUT2D eigenvalue weighted by Gasteiger charge is 2.73. The van der Waals surface area contributed by atoms with E-state index in [2.05, 4.69) is 41.2 Å². The van der Waals surface area contributed by atoms with E-state index in [-0.39, 0.29) is 39.9 Å². The second kappa shape index (κ2) is 12.3. The van der Waals surface area contributed by atoms with E-state index in [0.717, 1.165) is 19.3 Å². The topological polar surface area (TPSA) is 180 Å². The first-order valence-electron chi connectivity index (χ1n) is 17.6. The normalized spacial score (nSPS) is 52.2. The second-order valence-corrected chi connectivity index (χ2v) is 17.6. The van der Waals surface area contributed by atoms with Gasteiger partial charge >= 0.3 is 0 Å². The summed E-state index contributed by atoms with van der Waals surface area (Å²) in [4.78, 5) is 0. The number of aliphatic hydroxyl groups excluding tert-OH is 7. The molecule has 0 bridgehead atoms. The monoisotopic (exact) mass is 654 g/mol. The third-order valence-electron chi connectivity index (χ3n) is 14.7. The van der Waals surface area contributed by atoms with Crippen molar-refractivity contribution in [1.82, 2.24) is 0 Å². The highest BCUT2D eigenvalue weighted by atomic mass is 16.7. The van der Waals surface area contributed by atoms with E-state index < -0.39 is 72.7 Å². The maximum absolute atomic E-state index is 12.1. The van der Waals surface area contributed by atoms with Crippen molar-refractivity contribution >= 4 is 0 Å². The maximum Gasteiger partial charge on any atom is 0.186 e. The molecule has 266 valence electrons. The average Bonchev–Trinajstić information content (AvgIpc) is 3.36. The van der Waals surface area contributed by atoms with Gasteiger partial charge in [0.05, 0.1) is 36.6 Å². The molecule has 5 rings (SSSR count). The van der Waals surface area contributed by atoms with Gasteiger partial charge < -0.3 is 50.3 Å². The van der Waals surface area contributed by atoms with Crippen LogP contribution < -0.4 is 0 Å². The van der Waals surface area contributed by atoms with Crippen molar-refractivity contribution in [3.63, 3.8) is 0 Å². The Kier molecular flexibility index (Phi) is 9.78. The highest BCUT2D eigenvalue weighted by molar-refractivity contribution is 5.22. The van der Waals surface area contributed by atoms with Gasteiger partial charge in [-0.2, -0.15) is 0 Å². The number of fused-ring (bicyclic) bond motifs is 5. The molecule has 4 aliphatic carbocycles. The van der Waals surface area contributed by atoms with Crippen LogP contribution in [0.15, 0.2) is 12.2 Å². The van der Waals surface area contributed by atoms with Crippen LogP contribution in [-0.2, 0) is 9.47 Å². The van der Waals surface area contributed by atoms with E-state index in [4.69, 9.17) is 9.47 Å². The van der Waals surface area contributed by atoms with Crippen LogP contribution in [0.3, 0.4) is 0 Å². The van der Waals surface area contributed by atoms with E-state index >= 15 is 0 Å². The second-order valence-electron chi connectivity index (χ2n) is 17.6. The molecule has 10 heteroatoms. The molecule has 0 amide bonds. The summed E-state index contributed by atoms with van der Waals surface area (Å²) in [7, 11) is 0. The molecule has 1 heterocycles. The Balaban J connectivity index is 1.53. The zero-order chi connectivity index (χ0) is 34.4. The molecule has 0 unspecified atom stereocenters. The molecule has 10 nitrogen and oxygen atoms in total. The van der Waals surface area contributed by atoms with Gasteiger partial charge in [0.1, 0.15) is 24.4 Å². The van der Waals surface area contributed by atoms with Crippen molar-refractivity contribution in [2.24, 2.45) is 45.3 Å². The first-order valence-corrected chi connectivity index (χ1v) is 17.6. The largest absolute Gasteiger partial charge is 0.394 e. The Morgan fingerprint density at radius 3 is 2.24 bits per heavy atom. The van der Waals surface area contributed by atoms with Crippen molar-refractivity contribution in [1.29, 1.82) is 0 Å². The molecule has 17 atom stereocenters. The Hall–Kier alpha value is -0.660. The molecule has 4 saturated carbocycles. The SMILES string of the molecule is C=C(C)[C@H](O)CC[C@](C)(O)[C@H]1CC[C@]2(C)[C@@H]1[C@H](O)C[C@@H]1[C@@]3(C)CC[C@H](O)C(C)(C)[C@@H]3[C@@H](O[C@@H]3O[C@H](CO)[C@@H](O)[C@H](O)[C@H]3O)C[C@]12C. The van der Waals surface area contributed by atoms with E-state index in [1.54, 1.807) is 6.92 Å². The lowest BCUT2D eigenvalue weighted by molar-refractivity contribution is -0.346. The summed E-state index contributed by atoms with van der Waals surface area (Å²) in [5.41, 5.74) is -2.15. The lowest BCUT2D eigenvalue weighted by atomic mass is 9.34. The number of hydrogen-bond acceptors (Lipinski definition) is 10. The van der Waals surface area contributed by atoms with Gasteiger partial charge in [0.2, 0.25) is 0 Å². The zero-order valence-corrected chi connectivity index (χ0v) is 29.0. The summed E-state index contributed by atoms with van der Waals surface area (Å²) in [6.07, 6.45) is -4.67. The average molecular weight is 655 g/mol. The van der Waals surface area contributed by atoms with Crippen LogP contribution in [0.1, 0.15) is 99.8 Å². The van der Waals surface area contributed by atoms with E-state index in [1.165, 1.54) is 0 Å². The fraction of sp³-hybridized carbons (Fsp3) is 0.944. The highest BCUT2D eigenvalue weighted by Crippen LogP contribution is 2.76. The summed E-state index contributed by atoms with van der Waals surface area (Å²) in [6.45, 7) is 17.8. The van der Waals surface area contributed by atoms with E-state index in [9.17, 15) is 40.9 Å². The Bertz CT molecular complexity index is 1130. The van der Waals surface area contributed by atoms with Crippen molar-refractivity contribution in [3.05, 3.63) is 12.2 Å². The summed E-state index contributed by atoms with van der Waals surface area (Å²) in [5, 5.41) is 87.6. The molecule has 46 heavy (non-hydrogen) atoms. The van der Waals surface area contributed by atoms with Crippen LogP contribution in [-0.4, -0.2) is 108 Å². The lowest BCUT2D eigenvalue weighted by Gasteiger charge is -2.72. The minimum absolute atomic E-state index is 0.0802. The van der Waals surface area contributed by atoms with Gasteiger partial charge in [-0.1, -0.05) is 46.8 Å². The smallest absolute Gasteiger partial charge is 0.186 e. The minimum atomic E-state index is -1.56. The Morgan fingerprint density at radius 2 is 1.63 bits per heavy atom. The number of rotatable bonds is 8. The van der Waals surface area contributed by atoms with Gasteiger partial charge in [0.15, 0.2) is 6.29 Å². The summed E-state index contributed by atoms with van der Waals surface area (Å²) < 4.78 is 12.6. The molecule has 0 aromatic carbocycles. The van der Waals surface area contributed by atoms with Crippen LogP contribution >= 0.6 is 0 Å².